The Kier molecular flexibility index (Phi) is 2.51. The fraction of sp³-hybridized carbons (Fsp3) is 0.182. The van der Waals surface area contributed by atoms with Crippen molar-refractivity contribution < 1.29 is 4.39 Å². The number of aromatic nitrogens is 2. The maximum absolute atomic E-state index is 13.5. The van der Waals surface area contributed by atoms with Gasteiger partial charge in [0.1, 0.15) is 5.82 Å². The van der Waals surface area contributed by atoms with E-state index in [-0.39, 0.29) is 5.82 Å². The molecule has 0 amide bonds. The maximum Gasteiger partial charge on any atom is 0.131 e. The summed E-state index contributed by atoms with van der Waals surface area (Å²) in [5, 5.41) is 4.07. The molecule has 0 saturated carbocycles. The summed E-state index contributed by atoms with van der Waals surface area (Å²) in [6.07, 6.45) is 1.64. The summed E-state index contributed by atoms with van der Waals surface area (Å²) in [6, 6.07) is 6.62. The molecule has 2 aromatic rings. The highest BCUT2D eigenvalue weighted by atomic mass is 19.1. The van der Waals surface area contributed by atoms with Crippen molar-refractivity contribution in [2.75, 3.05) is 0 Å². The van der Waals surface area contributed by atoms with E-state index in [2.05, 4.69) is 5.10 Å². The van der Waals surface area contributed by atoms with Crippen molar-refractivity contribution in [1.82, 2.24) is 9.78 Å². The second-order valence-electron chi connectivity index (χ2n) is 3.31. The van der Waals surface area contributed by atoms with Crippen molar-refractivity contribution >= 4 is 0 Å². The number of halogens is 1. The number of nitrogens with two attached hydrogens (primary N) is 1. The Morgan fingerprint density at radius 3 is 2.73 bits per heavy atom. The average molecular weight is 205 g/mol. The number of hydrogen-bond acceptors (Lipinski definition) is 2. The first kappa shape index (κ1) is 9.86. The molecular weight excluding hydrogens is 193 g/mol. The molecule has 0 saturated heterocycles. The quantitative estimate of drug-likeness (QED) is 0.810. The molecule has 0 aliphatic rings. The van der Waals surface area contributed by atoms with Gasteiger partial charge < -0.3 is 5.73 Å². The highest BCUT2D eigenvalue weighted by molar-refractivity contribution is 5.65. The fourth-order valence-corrected chi connectivity index (χ4v) is 1.61. The third-order valence-electron chi connectivity index (χ3n) is 2.42. The van der Waals surface area contributed by atoms with Gasteiger partial charge >= 0.3 is 0 Å². The second kappa shape index (κ2) is 3.82. The zero-order chi connectivity index (χ0) is 10.8. The molecule has 0 aliphatic heterocycles. The predicted molar refractivity (Wildman–Crippen MR) is 56.5 cm³/mol. The van der Waals surface area contributed by atoms with Gasteiger partial charge in [-0.3, -0.25) is 4.68 Å². The molecule has 2 rings (SSSR count). The number of hydrogen-bond donors (Lipinski definition) is 1. The molecule has 0 radical (unpaired) electrons. The molecule has 0 fully saturated rings. The molecule has 3 nitrogen and oxygen atoms in total. The zero-order valence-electron chi connectivity index (χ0n) is 8.44. The van der Waals surface area contributed by atoms with E-state index in [1.54, 1.807) is 36.1 Å². The monoisotopic (exact) mass is 205 g/mol. The Bertz CT molecular complexity index is 476. The summed E-state index contributed by atoms with van der Waals surface area (Å²) in [6.45, 7) is 0.347. The Morgan fingerprint density at radius 1 is 1.33 bits per heavy atom. The van der Waals surface area contributed by atoms with E-state index < -0.39 is 0 Å². The third-order valence-corrected chi connectivity index (χ3v) is 2.42. The molecule has 78 valence electrons. The Morgan fingerprint density at radius 2 is 2.07 bits per heavy atom. The zero-order valence-corrected chi connectivity index (χ0v) is 8.44. The van der Waals surface area contributed by atoms with Crippen molar-refractivity contribution in [2.45, 2.75) is 6.54 Å². The van der Waals surface area contributed by atoms with E-state index in [1.165, 1.54) is 6.07 Å². The van der Waals surface area contributed by atoms with Crippen molar-refractivity contribution in [2.24, 2.45) is 12.8 Å². The maximum atomic E-state index is 13.5. The van der Waals surface area contributed by atoms with Crippen LogP contribution in [0.15, 0.2) is 30.5 Å². The number of rotatable bonds is 2. The highest BCUT2D eigenvalue weighted by Gasteiger charge is 2.11. The molecule has 0 atom stereocenters. The van der Waals surface area contributed by atoms with Crippen LogP contribution in [-0.4, -0.2) is 9.78 Å². The van der Waals surface area contributed by atoms with E-state index in [4.69, 9.17) is 5.73 Å². The van der Waals surface area contributed by atoms with Crippen LogP contribution in [0.2, 0.25) is 0 Å². The highest BCUT2D eigenvalue weighted by Crippen LogP contribution is 2.25. The molecular formula is C11H12FN3. The molecule has 1 aromatic carbocycles. The second-order valence-corrected chi connectivity index (χ2v) is 3.31. The standard InChI is InChI=1S/C11H12FN3/c1-15-11(6-13)9(7-14-15)8-4-2-3-5-10(8)12/h2-5,7H,6,13H2,1H3. The van der Waals surface area contributed by atoms with Crippen LogP contribution in [-0.2, 0) is 13.6 Å². The summed E-state index contributed by atoms with van der Waals surface area (Å²) >= 11 is 0. The lowest BCUT2D eigenvalue weighted by molar-refractivity contribution is 0.631. The van der Waals surface area contributed by atoms with Crippen molar-refractivity contribution in [3.8, 4) is 11.1 Å². The van der Waals surface area contributed by atoms with E-state index in [9.17, 15) is 4.39 Å². The van der Waals surface area contributed by atoms with Crippen LogP contribution >= 0.6 is 0 Å². The minimum absolute atomic E-state index is 0.250. The molecule has 1 aromatic heterocycles. The van der Waals surface area contributed by atoms with E-state index in [1.807, 2.05) is 0 Å². The first-order chi connectivity index (χ1) is 7.24. The SMILES string of the molecule is Cn1ncc(-c2ccccc2F)c1CN. The van der Waals surface area contributed by atoms with Crippen LogP contribution in [0.5, 0.6) is 0 Å². The lowest BCUT2D eigenvalue weighted by Gasteiger charge is -2.04. The summed E-state index contributed by atoms with van der Waals surface area (Å²) < 4.78 is 15.2. The summed E-state index contributed by atoms with van der Waals surface area (Å²) in [7, 11) is 1.80. The van der Waals surface area contributed by atoms with Gasteiger partial charge in [0, 0.05) is 24.7 Å². The molecule has 15 heavy (non-hydrogen) atoms. The minimum Gasteiger partial charge on any atom is -0.325 e. The molecule has 0 unspecified atom stereocenters. The summed E-state index contributed by atoms with van der Waals surface area (Å²) in [5.74, 6) is -0.250. The van der Waals surface area contributed by atoms with Crippen LogP contribution in [0.3, 0.4) is 0 Å². The molecule has 0 bridgehead atoms. The average Bonchev–Trinajstić information content (AvgIpc) is 2.60. The van der Waals surface area contributed by atoms with Gasteiger partial charge in [-0.15, -0.1) is 0 Å². The van der Waals surface area contributed by atoms with Gasteiger partial charge in [0.2, 0.25) is 0 Å². The largest absolute Gasteiger partial charge is 0.325 e. The van der Waals surface area contributed by atoms with Gasteiger partial charge in [-0.25, -0.2) is 4.39 Å². The summed E-state index contributed by atoms with van der Waals surface area (Å²) in [5.41, 5.74) is 7.74. The Hall–Kier alpha value is -1.68. The normalized spacial score (nSPS) is 10.6. The van der Waals surface area contributed by atoms with Crippen molar-refractivity contribution in [3.63, 3.8) is 0 Å². The van der Waals surface area contributed by atoms with Gasteiger partial charge in [-0.1, -0.05) is 18.2 Å². The van der Waals surface area contributed by atoms with E-state index >= 15 is 0 Å². The first-order valence-electron chi connectivity index (χ1n) is 4.70. The van der Waals surface area contributed by atoms with E-state index in [0.717, 1.165) is 11.3 Å². The van der Waals surface area contributed by atoms with Gasteiger partial charge in [0.15, 0.2) is 0 Å². The van der Waals surface area contributed by atoms with Crippen LogP contribution < -0.4 is 5.73 Å². The summed E-state index contributed by atoms with van der Waals surface area (Å²) in [4.78, 5) is 0. The molecule has 2 N–H and O–H groups in total. The van der Waals surface area contributed by atoms with Crippen LogP contribution in [0.4, 0.5) is 4.39 Å². The lowest BCUT2D eigenvalue weighted by Crippen LogP contribution is -2.05. The predicted octanol–water partition coefficient (Wildman–Crippen LogP) is 1.68. The van der Waals surface area contributed by atoms with Crippen LogP contribution in [0.1, 0.15) is 5.69 Å². The van der Waals surface area contributed by atoms with Crippen molar-refractivity contribution in [1.29, 1.82) is 0 Å². The van der Waals surface area contributed by atoms with Gasteiger partial charge in [-0.05, 0) is 6.07 Å². The number of benzene rings is 1. The number of aryl methyl sites for hydroxylation is 1. The Balaban J connectivity index is 2.59. The minimum atomic E-state index is -0.250. The molecule has 1 heterocycles. The molecule has 4 heteroatoms. The smallest absolute Gasteiger partial charge is 0.131 e. The van der Waals surface area contributed by atoms with Gasteiger partial charge in [0.05, 0.1) is 11.9 Å². The van der Waals surface area contributed by atoms with Gasteiger partial charge in [-0.2, -0.15) is 5.10 Å². The molecule has 0 spiro atoms. The third kappa shape index (κ3) is 1.64. The van der Waals surface area contributed by atoms with Crippen LogP contribution in [0.25, 0.3) is 11.1 Å². The topological polar surface area (TPSA) is 43.8 Å². The fourth-order valence-electron chi connectivity index (χ4n) is 1.61. The first-order valence-corrected chi connectivity index (χ1v) is 4.70. The van der Waals surface area contributed by atoms with Gasteiger partial charge in [0.25, 0.3) is 0 Å². The lowest BCUT2D eigenvalue weighted by atomic mass is 10.1. The Labute approximate surface area is 87.3 Å². The molecule has 0 aliphatic carbocycles. The van der Waals surface area contributed by atoms with E-state index in [0.29, 0.717) is 12.1 Å². The van der Waals surface area contributed by atoms with Crippen LogP contribution in [0, 0.1) is 5.82 Å². The number of nitrogens with zero attached hydrogens (tertiary/aromatic N) is 2. The van der Waals surface area contributed by atoms with Crippen molar-refractivity contribution in [3.05, 3.63) is 42.0 Å².